The zero-order valence-electron chi connectivity index (χ0n) is 14.6. The van der Waals surface area contributed by atoms with Crippen molar-refractivity contribution in [2.75, 3.05) is 13.2 Å². The highest BCUT2D eigenvalue weighted by Crippen LogP contribution is 2.21. The Labute approximate surface area is 154 Å². The van der Waals surface area contributed by atoms with Crippen molar-refractivity contribution < 1.29 is 22.3 Å². The van der Waals surface area contributed by atoms with Crippen LogP contribution in [0.5, 0.6) is 5.75 Å². The van der Waals surface area contributed by atoms with Crippen LogP contribution in [0.1, 0.15) is 17.5 Å². The second-order valence-corrected chi connectivity index (χ2v) is 6.29. The molecule has 0 aliphatic rings. The molecule has 2 aromatic carbocycles. The van der Waals surface area contributed by atoms with Crippen LogP contribution in [0.25, 0.3) is 10.9 Å². The number of rotatable bonds is 8. The molecule has 0 atom stereocenters. The van der Waals surface area contributed by atoms with Gasteiger partial charge in [0.25, 0.3) is 0 Å². The third-order valence-corrected chi connectivity index (χ3v) is 4.18. The van der Waals surface area contributed by atoms with Gasteiger partial charge in [-0.1, -0.05) is 12.1 Å². The molecular weight excluding hydrogens is 360 g/mol. The molecule has 0 radical (unpaired) electrons. The molecule has 0 aliphatic heterocycles. The van der Waals surface area contributed by atoms with Crippen LogP contribution in [0, 0.1) is 5.82 Å². The average Bonchev–Trinajstić information content (AvgIpc) is 3.00. The van der Waals surface area contributed by atoms with Crippen molar-refractivity contribution in [2.45, 2.75) is 25.6 Å². The fourth-order valence-corrected chi connectivity index (χ4v) is 2.85. The first-order valence-corrected chi connectivity index (χ1v) is 8.65. The third kappa shape index (κ3) is 5.72. The maximum absolute atomic E-state index is 13.2. The molecule has 3 rings (SSSR count). The van der Waals surface area contributed by atoms with Gasteiger partial charge in [-0.2, -0.15) is 13.2 Å². The van der Waals surface area contributed by atoms with E-state index in [1.165, 1.54) is 12.1 Å². The van der Waals surface area contributed by atoms with E-state index in [2.05, 4.69) is 10.3 Å². The van der Waals surface area contributed by atoms with E-state index in [9.17, 15) is 17.6 Å². The van der Waals surface area contributed by atoms with Gasteiger partial charge in [0.2, 0.25) is 0 Å². The van der Waals surface area contributed by atoms with Crippen LogP contribution in [0.3, 0.4) is 0 Å². The van der Waals surface area contributed by atoms with Gasteiger partial charge in [-0.05, 0) is 54.4 Å². The van der Waals surface area contributed by atoms with Crippen LogP contribution in [-0.4, -0.2) is 24.3 Å². The predicted molar refractivity (Wildman–Crippen MR) is 96.3 cm³/mol. The summed E-state index contributed by atoms with van der Waals surface area (Å²) in [6, 6.07) is 11.7. The molecule has 0 spiro atoms. The number of aromatic amines is 1. The topological polar surface area (TPSA) is 37.0 Å². The summed E-state index contributed by atoms with van der Waals surface area (Å²) >= 11 is 0. The molecule has 0 saturated carbocycles. The smallest absolute Gasteiger partial charge is 0.392 e. The van der Waals surface area contributed by atoms with Crippen molar-refractivity contribution >= 4 is 10.9 Å². The van der Waals surface area contributed by atoms with E-state index in [0.29, 0.717) is 18.8 Å². The lowest BCUT2D eigenvalue weighted by molar-refractivity contribution is -0.139. The normalized spacial score (nSPS) is 11.9. The quantitative estimate of drug-likeness (QED) is 0.428. The van der Waals surface area contributed by atoms with Crippen LogP contribution in [0.2, 0.25) is 0 Å². The SMILES string of the molecule is Fc1ccc2c(CCNCc3cccc(OCCC(F)(F)F)c3)c[nH]c2c1. The van der Waals surface area contributed by atoms with Gasteiger partial charge in [0.15, 0.2) is 0 Å². The fourth-order valence-electron chi connectivity index (χ4n) is 2.85. The van der Waals surface area contributed by atoms with E-state index in [1.807, 2.05) is 12.3 Å². The number of alkyl halides is 3. The highest BCUT2D eigenvalue weighted by Gasteiger charge is 2.26. The van der Waals surface area contributed by atoms with E-state index < -0.39 is 12.6 Å². The third-order valence-electron chi connectivity index (χ3n) is 4.18. The maximum Gasteiger partial charge on any atom is 0.392 e. The van der Waals surface area contributed by atoms with Crippen LogP contribution in [-0.2, 0) is 13.0 Å². The first kappa shape index (κ1) is 19.2. The molecule has 0 saturated heterocycles. The molecule has 7 heteroatoms. The van der Waals surface area contributed by atoms with Crippen molar-refractivity contribution in [2.24, 2.45) is 0 Å². The number of ether oxygens (including phenoxy) is 1. The van der Waals surface area contributed by atoms with E-state index in [1.54, 1.807) is 24.3 Å². The molecular formula is C20H20F4N2O. The van der Waals surface area contributed by atoms with E-state index >= 15 is 0 Å². The molecule has 0 fully saturated rings. The summed E-state index contributed by atoms with van der Waals surface area (Å²) in [6.07, 6.45) is -2.54. The second kappa shape index (κ2) is 8.43. The number of aromatic nitrogens is 1. The molecule has 0 amide bonds. The fraction of sp³-hybridized carbons (Fsp3) is 0.300. The first-order valence-electron chi connectivity index (χ1n) is 8.65. The van der Waals surface area contributed by atoms with Crippen LogP contribution in [0.4, 0.5) is 17.6 Å². The standard InChI is InChI=1S/C20H20F4N2O/c21-16-4-5-18-15(13-26-19(18)11-16)6-8-25-12-14-2-1-3-17(10-14)27-9-7-20(22,23)24/h1-5,10-11,13,25-26H,6-9,12H2. The maximum atomic E-state index is 13.2. The van der Waals surface area contributed by atoms with Crippen molar-refractivity contribution in [3.05, 3.63) is 65.6 Å². The van der Waals surface area contributed by atoms with Crippen molar-refractivity contribution in [3.63, 3.8) is 0 Å². The molecule has 0 unspecified atom stereocenters. The zero-order valence-corrected chi connectivity index (χ0v) is 14.6. The minimum Gasteiger partial charge on any atom is -0.493 e. The lowest BCUT2D eigenvalue weighted by Crippen LogP contribution is -2.16. The van der Waals surface area contributed by atoms with E-state index in [-0.39, 0.29) is 12.4 Å². The van der Waals surface area contributed by atoms with Gasteiger partial charge >= 0.3 is 6.18 Å². The van der Waals surface area contributed by atoms with Gasteiger partial charge in [0, 0.05) is 23.6 Å². The number of hydrogen-bond acceptors (Lipinski definition) is 2. The van der Waals surface area contributed by atoms with E-state index in [0.717, 1.165) is 28.5 Å². The molecule has 0 bridgehead atoms. The molecule has 3 aromatic rings. The van der Waals surface area contributed by atoms with Gasteiger partial charge in [0.1, 0.15) is 11.6 Å². The first-order chi connectivity index (χ1) is 12.9. The Kier molecular flexibility index (Phi) is 6.01. The molecule has 2 N–H and O–H groups in total. The summed E-state index contributed by atoms with van der Waals surface area (Å²) in [5.74, 6) is 0.156. The average molecular weight is 380 g/mol. The number of nitrogens with one attached hydrogen (secondary N) is 2. The second-order valence-electron chi connectivity index (χ2n) is 6.29. The molecule has 1 heterocycles. The van der Waals surface area contributed by atoms with Gasteiger partial charge in [0.05, 0.1) is 13.0 Å². The summed E-state index contributed by atoms with van der Waals surface area (Å²) in [4.78, 5) is 3.06. The van der Waals surface area contributed by atoms with Gasteiger partial charge < -0.3 is 15.0 Å². The molecule has 1 aromatic heterocycles. The van der Waals surface area contributed by atoms with Crippen molar-refractivity contribution in [1.82, 2.24) is 10.3 Å². The van der Waals surface area contributed by atoms with Gasteiger partial charge in [-0.15, -0.1) is 0 Å². The minimum absolute atomic E-state index is 0.272. The van der Waals surface area contributed by atoms with Crippen LogP contribution in [0.15, 0.2) is 48.7 Å². The van der Waals surface area contributed by atoms with Gasteiger partial charge in [-0.3, -0.25) is 0 Å². The Morgan fingerprint density at radius 1 is 1.07 bits per heavy atom. The largest absolute Gasteiger partial charge is 0.493 e. The number of H-pyrrole nitrogens is 1. The molecule has 27 heavy (non-hydrogen) atoms. The summed E-state index contributed by atoms with van der Waals surface area (Å²) < 4.78 is 54.9. The minimum atomic E-state index is -4.21. The highest BCUT2D eigenvalue weighted by atomic mass is 19.4. The Balaban J connectivity index is 1.46. The van der Waals surface area contributed by atoms with Crippen molar-refractivity contribution in [3.8, 4) is 5.75 Å². The molecule has 0 aliphatic carbocycles. The van der Waals surface area contributed by atoms with Crippen LogP contribution >= 0.6 is 0 Å². The lowest BCUT2D eigenvalue weighted by Gasteiger charge is -2.10. The zero-order chi connectivity index (χ0) is 19.3. The Morgan fingerprint density at radius 3 is 2.74 bits per heavy atom. The molecule has 144 valence electrons. The lowest BCUT2D eigenvalue weighted by atomic mass is 10.1. The predicted octanol–water partition coefficient (Wildman–Crippen LogP) is 4.97. The molecule has 3 nitrogen and oxygen atoms in total. The number of benzene rings is 2. The monoisotopic (exact) mass is 380 g/mol. The van der Waals surface area contributed by atoms with Gasteiger partial charge in [-0.25, -0.2) is 4.39 Å². The Bertz CT molecular complexity index is 889. The summed E-state index contributed by atoms with van der Waals surface area (Å²) in [7, 11) is 0. The number of halogens is 4. The summed E-state index contributed by atoms with van der Waals surface area (Å²) in [5, 5.41) is 4.30. The van der Waals surface area contributed by atoms with Crippen LogP contribution < -0.4 is 10.1 Å². The Hall–Kier alpha value is -2.54. The van der Waals surface area contributed by atoms with E-state index in [4.69, 9.17) is 4.74 Å². The number of hydrogen-bond donors (Lipinski definition) is 2. The van der Waals surface area contributed by atoms with Crippen molar-refractivity contribution in [1.29, 1.82) is 0 Å². The number of fused-ring (bicyclic) bond motifs is 1. The highest BCUT2D eigenvalue weighted by molar-refractivity contribution is 5.83. The summed E-state index contributed by atoms with van der Waals surface area (Å²) in [5.41, 5.74) is 2.80. The Morgan fingerprint density at radius 2 is 1.93 bits per heavy atom. The summed E-state index contributed by atoms with van der Waals surface area (Å²) in [6.45, 7) is 0.901.